The van der Waals surface area contributed by atoms with Crippen molar-refractivity contribution in [2.24, 2.45) is 0 Å². The number of hydrogen-bond acceptors (Lipinski definition) is 4. The molecule has 0 bridgehead atoms. The standard InChI is InChI=1S/C11H12N4O2/c1-2-15-7-8(6-12-15)13-10-5-3-4-9(14-10)11(16)17/h3-7H,2H2,1H3,(H,13,14)(H,16,17). The molecular weight excluding hydrogens is 220 g/mol. The van der Waals surface area contributed by atoms with Crippen LogP contribution < -0.4 is 5.32 Å². The largest absolute Gasteiger partial charge is 0.477 e. The maximum atomic E-state index is 10.7. The van der Waals surface area contributed by atoms with E-state index in [1.54, 1.807) is 23.0 Å². The Morgan fingerprint density at radius 2 is 2.35 bits per heavy atom. The lowest BCUT2D eigenvalue weighted by Gasteiger charge is -2.02. The number of nitrogens with one attached hydrogen (secondary N) is 1. The Kier molecular flexibility index (Phi) is 3.04. The van der Waals surface area contributed by atoms with Crippen molar-refractivity contribution >= 4 is 17.5 Å². The monoisotopic (exact) mass is 232 g/mol. The summed E-state index contributed by atoms with van der Waals surface area (Å²) in [6.45, 7) is 2.77. The van der Waals surface area contributed by atoms with Crippen molar-refractivity contribution in [3.05, 3.63) is 36.3 Å². The first-order valence-corrected chi connectivity index (χ1v) is 5.19. The molecule has 2 heterocycles. The van der Waals surface area contributed by atoms with Crippen LogP contribution in [0.4, 0.5) is 11.5 Å². The van der Waals surface area contributed by atoms with Crippen LogP contribution in [0.5, 0.6) is 0 Å². The van der Waals surface area contributed by atoms with Gasteiger partial charge in [-0.15, -0.1) is 0 Å². The molecule has 2 aromatic rings. The van der Waals surface area contributed by atoms with Crippen LogP contribution in [0.15, 0.2) is 30.6 Å². The molecule has 0 aliphatic rings. The van der Waals surface area contributed by atoms with E-state index in [9.17, 15) is 4.79 Å². The fourth-order valence-corrected chi connectivity index (χ4v) is 1.37. The molecule has 0 radical (unpaired) electrons. The number of hydrogen-bond donors (Lipinski definition) is 2. The van der Waals surface area contributed by atoms with Gasteiger partial charge in [-0.25, -0.2) is 9.78 Å². The summed E-state index contributed by atoms with van der Waals surface area (Å²) in [7, 11) is 0. The maximum Gasteiger partial charge on any atom is 0.354 e. The van der Waals surface area contributed by atoms with Crippen molar-refractivity contribution in [1.29, 1.82) is 0 Å². The summed E-state index contributed by atoms with van der Waals surface area (Å²) in [5, 5.41) is 15.9. The predicted octanol–water partition coefficient (Wildman–Crippen LogP) is 1.74. The Morgan fingerprint density at radius 1 is 1.53 bits per heavy atom. The number of aromatic nitrogens is 3. The van der Waals surface area contributed by atoms with Gasteiger partial charge in [0.1, 0.15) is 5.82 Å². The number of anilines is 2. The molecule has 0 atom stereocenters. The van der Waals surface area contributed by atoms with Gasteiger partial charge in [0.25, 0.3) is 0 Å². The zero-order valence-corrected chi connectivity index (χ0v) is 9.29. The third kappa shape index (κ3) is 2.60. The molecule has 0 aromatic carbocycles. The molecular formula is C11H12N4O2. The minimum atomic E-state index is -1.04. The lowest BCUT2D eigenvalue weighted by Crippen LogP contribution is -2.02. The average Bonchev–Trinajstić information content (AvgIpc) is 2.77. The van der Waals surface area contributed by atoms with Crippen LogP contribution in [0.25, 0.3) is 0 Å². The molecule has 0 saturated carbocycles. The fraction of sp³-hybridized carbons (Fsp3) is 0.182. The third-order valence-corrected chi connectivity index (χ3v) is 2.20. The number of carboxylic acid groups (broad SMARTS) is 1. The van der Waals surface area contributed by atoms with E-state index in [1.807, 2.05) is 13.1 Å². The molecule has 0 spiro atoms. The maximum absolute atomic E-state index is 10.7. The van der Waals surface area contributed by atoms with Gasteiger partial charge in [0.05, 0.1) is 11.9 Å². The molecule has 0 aliphatic heterocycles. The van der Waals surface area contributed by atoms with E-state index >= 15 is 0 Å². The van der Waals surface area contributed by atoms with E-state index in [2.05, 4.69) is 15.4 Å². The smallest absolute Gasteiger partial charge is 0.354 e. The molecule has 0 saturated heterocycles. The summed E-state index contributed by atoms with van der Waals surface area (Å²) < 4.78 is 1.77. The molecule has 0 amide bonds. The van der Waals surface area contributed by atoms with E-state index in [1.165, 1.54) is 6.07 Å². The lowest BCUT2D eigenvalue weighted by atomic mass is 10.3. The minimum absolute atomic E-state index is 0.0119. The van der Waals surface area contributed by atoms with Gasteiger partial charge in [0, 0.05) is 12.7 Å². The number of aryl methyl sites for hydroxylation is 1. The van der Waals surface area contributed by atoms with Crippen LogP contribution in [-0.4, -0.2) is 25.8 Å². The Balaban J connectivity index is 2.18. The first kappa shape index (κ1) is 11.1. The van der Waals surface area contributed by atoms with Crippen molar-refractivity contribution in [3.8, 4) is 0 Å². The third-order valence-electron chi connectivity index (χ3n) is 2.20. The summed E-state index contributed by atoms with van der Waals surface area (Å²) in [5.74, 6) is -0.557. The molecule has 0 fully saturated rings. The lowest BCUT2D eigenvalue weighted by molar-refractivity contribution is 0.0690. The van der Waals surface area contributed by atoms with Gasteiger partial charge in [-0.1, -0.05) is 6.07 Å². The molecule has 6 heteroatoms. The Hall–Kier alpha value is -2.37. The van der Waals surface area contributed by atoms with E-state index in [0.717, 1.165) is 12.2 Å². The summed E-state index contributed by atoms with van der Waals surface area (Å²) in [4.78, 5) is 14.7. The van der Waals surface area contributed by atoms with Gasteiger partial charge >= 0.3 is 5.97 Å². The predicted molar refractivity (Wildman–Crippen MR) is 62.4 cm³/mol. The first-order chi connectivity index (χ1) is 8.19. The SMILES string of the molecule is CCn1cc(Nc2cccc(C(=O)O)n2)cn1. The van der Waals surface area contributed by atoms with Crippen molar-refractivity contribution in [2.75, 3.05) is 5.32 Å². The van der Waals surface area contributed by atoms with Crippen molar-refractivity contribution in [2.45, 2.75) is 13.5 Å². The summed E-state index contributed by atoms with van der Waals surface area (Å²) in [6, 6.07) is 4.79. The zero-order chi connectivity index (χ0) is 12.3. The van der Waals surface area contributed by atoms with Crippen LogP contribution in [0.2, 0.25) is 0 Å². The van der Waals surface area contributed by atoms with Gasteiger partial charge < -0.3 is 10.4 Å². The van der Waals surface area contributed by atoms with E-state index in [4.69, 9.17) is 5.11 Å². The summed E-state index contributed by atoms with van der Waals surface area (Å²) >= 11 is 0. The number of aromatic carboxylic acids is 1. The zero-order valence-electron chi connectivity index (χ0n) is 9.29. The van der Waals surface area contributed by atoms with Crippen LogP contribution in [0.3, 0.4) is 0 Å². The number of rotatable bonds is 4. The normalized spacial score (nSPS) is 10.2. The van der Waals surface area contributed by atoms with Gasteiger partial charge in [-0.05, 0) is 19.1 Å². The molecule has 6 nitrogen and oxygen atoms in total. The molecule has 88 valence electrons. The molecule has 2 N–H and O–H groups in total. The van der Waals surface area contributed by atoms with Crippen LogP contribution in [-0.2, 0) is 6.54 Å². The molecule has 17 heavy (non-hydrogen) atoms. The number of carboxylic acids is 1. The summed E-state index contributed by atoms with van der Waals surface area (Å²) in [6.07, 6.45) is 3.49. The van der Waals surface area contributed by atoms with E-state index in [0.29, 0.717) is 5.82 Å². The van der Waals surface area contributed by atoms with Crippen LogP contribution in [0, 0.1) is 0 Å². The molecule has 0 aliphatic carbocycles. The summed E-state index contributed by atoms with van der Waals surface area (Å²) in [5.41, 5.74) is 0.791. The topological polar surface area (TPSA) is 80.0 Å². The number of nitrogens with zero attached hydrogens (tertiary/aromatic N) is 3. The second kappa shape index (κ2) is 4.65. The highest BCUT2D eigenvalue weighted by atomic mass is 16.4. The number of pyridine rings is 1. The molecule has 2 rings (SSSR count). The van der Waals surface area contributed by atoms with E-state index < -0.39 is 5.97 Å². The van der Waals surface area contributed by atoms with Crippen LogP contribution in [0.1, 0.15) is 17.4 Å². The Bertz CT molecular complexity index is 536. The Morgan fingerprint density at radius 3 is 3.00 bits per heavy atom. The average molecular weight is 232 g/mol. The van der Waals surface area contributed by atoms with Crippen LogP contribution >= 0.6 is 0 Å². The Labute approximate surface area is 97.9 Å². The fourth-order valence-electron chi connectivity index (χ4n) is 1.37. The van der Waals surface area contributed by atoms with E-state index in [-0.39, 0.29) is 5.69 Å². The second-order valence-electron chi connectivity index (χ2n) is 3.42. The molecule has 2 aromatic heterocycles. The molecule has 0 unspecified atom stereocenters. The quantitative estimate of drug-likeness (QED) is 0.839. The second-order valence-corrected chi connectivity index (χ2v) is 3.42. The number of carbonyl (C=O) groups is 1. The van der Waals surface area contributed by atoms with Gasteiger partial charge in [-0.3, -0.25) is 4.68 Å². The van der Waals surface area contributed by atoms with Gasteiger partial charge in [0.15, 0.2) is 5.69 Å². The van der Waals surface area contributed by atoms with Crippen molar-refractivity contribution in [3.63, 3.8) is 0 Å². The highest BCUT2D eigenvalue weighted by Crippen LogP contribution is 2.13. The van der Waals surface area contributed by atoms with Gasteiger partial charge in [-0.2, -0.15) is 5.10 Å². The van der Waals surface area contributed by atoms with Crippen molar-refractivity contribution in [1.82, 2.24) is 14.8 Å². The first-order valence-electron chi connectivity index (χ1n) is 5.19. The minimum Gasteiger partial charge on any atom is -0.477 e. The highest BCUT2D eigenvalue weighted by Gasteiger charge is 2.05. The highest BCUT2D eigenvalue weighted by molar-refractivity contribution is 5.85. The van der Waals surface area contributed by atoms with Crippen molar-refractivity contribution < 1.29 is 9.90 Å². The van der Waals surface area contributed by atoms with Gasteiger partial charge in [0.2, 0.25) is 0 Å².